The first kappa shape index (κ1) is 28.2. The van der Waals surface area contributed by atoms with E-state index in [0.29, 0.717) is 32.9 Å². The predicted octanol–water partition coefficient (Wildman–Crippen LogP) is 5.39. The molecule has 0 radical (unpaired) electrons. The molecule has 6 rings (SSSR count). The van der Waals surface area contributed by atoms with Gasteiger partial charge in [-0.3, -0.25) is 9.36 Å². The molecule has 3 aromatic carbocycles. The maximum atomic E-state index is 14.3. The van der Waals surface area contributed by atoms with Gasteiger partial charge >= 0.3 is 5.97 Å². The average molecular weight is 590 g/mol. The van der Waals surface area contributed by atoms with Crippen molar-refractivity contribution < 1.29 is 14.3 Å². The number of hydrogen-bond donors (Lipinski definition) is 0. The van der Waals surface area contributed by atoms with Crippen LogP contribution in [0.15, 0.2) is 107 Å². The second-order valence-corrected chi connectivity index (χ2v) is 11.1. The van der Waals surface area contributed by atoms with Crippen LogP contribution in [-0.2, 0) is 16.1 Å². The number of carbonyl (C=O) groups is 1. The topological polar surface area (TPSA) is 74.8 Å². The average Bonchev–Trinajstić information content (AvgIpc) is 3.49. The van der Waals surface area contributed by atoms with Crippen LogP contribution in [0.25, 0.3) is 22.7 Å². The Labute approximate surface area is 253 Å². The molecule has 0 saturated heterocycles. The van der Waals surface area contributed by atoms with Crippen molar-refractivity contribution in [3.05, 3.63) is 139 Å². The number of methoxy groups -OCH3 is 1. The van der Waals surface area contributed by atoms with Gasteiger partial charge in [-0.05, 0) is 43.7 Å². The number of carbonyl (C=O) groups excluding carboxylic acids is 1. The Kier molecular flexibility index (Phi) is 7.69. The summed E-state index contributed by atoms with van der Waals surface area (Å²) in [6, 6.07) is 24.4. The third-order valence-electron chi connectivity index (χ3n) is 7.67. The number of ether oxygens (including phenoxy) is 2. The van der Waals surface area contributed by atoms with E-state index in [4.69, 9.17) is 14.5 Å². The van der Waals surface area contributed by atoms with Crippen molar-refractivity contribution in [3.8, 4) is 5.75 Å². The molecule has 0 bridgehead atoms. The van der Waals surface area contributed by atoms with Crippen molar-refractivity contribution in [2.24, 2.45) is 4.99 Å². The van der Waals surface area contributed by atoms with Gasteiger partial charge in [-0.2, -0.15) is 0 Å². The summed E-state index contributed by atoms with van der Waals surface area (Å²) in [6.07, 6.45) is 3.82. The van der Waals surface area contributed by atoms with Gasteiger partial charge in [0.2, 0.25) is 0 Å². The highest BCUT2D eigenvalue weighted by Crippen LogP contribution is 2.36. The molecule has 8 heteroatoms. The molecule has 1 aliphatic heterocycles. The molecule has 0 aliphatic carbocycles. The lowest BCUT2D eigenvalue weighted by atomic mass is 9.93. The number of thiazole rings is 1. The van der Waals surface area contributed by atoms with Crippen LogP contribution in [0.5, 0.6) is 5.75 Å². The van der Waals surface area contributed by atoms with Gasteiger partial charge in [0.05, 0.1) is 35.6 Å². The number of hydrogen-bond acceptors (Lipinski definition) is 6. The number of allylic oxidation sites excluding steroid dienone is 1. The molecular weight excluding hydrogens is 558 g/mol. The minimum Gasteiger partial charge on any atom is -0.497 e. The van der Waals surface area contributed by atoms with Crippen LogP contribution >= 0.6 is 11.3 Å². The van der Waals surface area contributed by atoms with Crippen LogP contribution in [-0.4, -0.2) is 28.8 Å². The van der Waals surface area contributed by atoms with Crippen LogP contribution in [0.3, 0.4) is 0 Å². The largest absolute Gasteiger partial charge is 0.497 e. The van der Waals surface area contributed by atoms with Gasteiger partial charge in [0.1, 0.15) is 5.75 Å². The van der Waals surface area contributed by atoms with E-state index in [1.807, 2.05) is 78.9 Å². The number of aromatic nitrogens is 2. The highest BCUT2D eigenvalue weighted by atomic mass is 32.1. The van der Waals surface area contributed by atoms with Crippen LogP contribution in [0.1, 0.15) is 35.3 Å². The number of nitrogens with zero attached hydrogens (tertiary/aromatic N) is 3. The summed E-state index contributed by atoms with van der Waals surface area (Å²) < 4.78 is 15.3. The number of para-hydroxylation sites is 1. The summed E-state index contributed by atoms with van der Waals surface area (Å²) >= 11 is 1.32. The molecule has 0 fully saturated rings. The first-order valence-corrected chi connectivity index (χ1v) is 14.9. The zero-order valence-corrected chi connectivity index (χ0v) is 25.1. The van der Waals surface area contributed by atoms with Crippen molar-refractivity contribution in [3.63, 3.8) is 0 Å². The van der Waals surface area contributed by atoms with E-state index in [2.05, 4.69) is 30.2 Å². The van der Waals surface area contributed by atoms with E-state index in [1.54, 1.807) is 18.6 Å². The molecule has 7 nitrogen and oxygen atoms in total. The number of fused-ring (bicyclic) bond motifs is 2. The molecule has 43 heavy (non-hydrogen) atoms. The fourth-order valence-electron chi connectivity index (χ4n) is 5.68. The van der Waals surface area contributed by atoms with E-state index >= 15 is 0 Å². The number of esters is 1. The van der Waals surface area contributed by atoms with E-state index in [0.717, 1.165) is 33.3 Å². The predicted molar refractivity (Wildman–Crippen MR) is 171 cm³/mol. The van der Waals surface area contributed by atoms with Gasteiger partial charge in [-0.15, -0.1) is 6.58 Å². The lowest BCUT2D eigenvalue weighted by molar-refractivity contribution is -0.138. The summed E-state index contributed by atoms with van der Waals surface area (Å²) in [5, 5.41) is 1.05. The maximum Gasteiger partial charge on any atom is 0.338 e. The molecule has 1 aliphatic rings. The fraction of sp³-hybridized carbons (Fsp3) is 0.171. The number of rotatable bonds is 8. The molecular formula is C35H31N3O4S. The van der Waals surface area contributed by atoms with Crippen molar-refractivity contribution in [2.75, 3.05) is 13.7 Å². The lowest BCUT2D eigenvalue weighted by Gasteiger charge is -2.26. The van der Waals surface area contributed by atoms with Gasteiger partial charge in [0, 0.05) is 34.3 Å². The summed E-state index contributed by atoms with van der Waals surface area (Å²) in [5.41, 5.74) is 5.18. The fourth-order valence-corrected chi connectivity index (χ4v) is 6.66. The molecule has 216 valence electrons. The maximum absolute atomic E-state index is 14.3. The third-order valence-corrected chi connectivity index (χ3v) is 8.65. The quantitative estimate of drug-likeness (QED) is 0.180. The van der Waals surface area contributed by atoms with Crippen LogP contribution in [0.2, 0.25) is 0 Å². The summed E-state index contributed by atoms with van der Waals surface area (Å²) in [6.45, 7) is 8.59. The highest BCUT2D eigenvalue weighted by Gasteiger charge is 2.35. The molecule has 3 heterocycles. The van der Waals surface area contributed by atoms with Gasteiger partial charge in [-0.25, -0.2) is 9.79 Å². The molecule has 0 N–H and O–H groups in total. The first-order chi connectivity index (χ1) is 21.0. The van der Waals surface area contributed by atoms with Gasteiger partial charge < -0.3 is 14.0 Å². The molecule has 0 amide bonds. The smallest absolute Gasteiger partial charge is 0.338 e. The van der Waals surface area contributed by atoms with Crippen LogP contribution < -0.4 is 19.6 Å². The second kappa shape index (κ2) is 11.7. The molecule has 0 spiro atoms. The molecule has 1 unspecified atom stereocenters. The van der Waals surface area contributed by atoms with E-state index in [1.165, 1.54) is 11.3 Å². The monoisotopic (exact) mass is 589 g/mol. The van der Waals surface area contributed by atoms with Crippen molar-refractivity contribution in [1.82, 2.24) is 9.13 Å². The van der Waals surface area contributed by atoms with E-state index in [9.17, 15) is 9.59 Å². The van der Waals surface area contributed by atoms with Crippen LogP contribution in [0, 0.1) is 6.92 Å². The van der Waals surface area contributed by atoms with E-state index in [-0.39, 0.29) is 12.2 Å². The summed E-state index contributed by atoms with van der Waals surface area (Å²) in [7, 11) is 1.60. The highest BCUT2D eigenvalue weighted by molar-refractivity contribution is 7.07. The third kappa shape index (κ3) is 4.93. The first-order valence-electron chi connectivity index (χ1n) is 14.1. The van der Waals surface area contributed by atoms with Crippen molar-refractivity contribution >= 4 is 40.0 Å². The number of benzene rings is 3. The van der Waals surface area contributed by atoms with Crippen LogP contribution in [0.4, 0.5) is 0 Å². The summed E-state index contributed by atoms with van der Waals surface area (Å²) in [5.74, 6) is 0.163. The molecule has 5 aromatic rings. The normalized spacial score (nSPS) is 14.9. The zero-order chi connectivity index (χ0) is 30.1. The van der Waals surface area contributed by atoms with Gasteiger partial charge in [-0.1, -0.05) is 78.1 Å². The Balaban J connectivity index is 1.66. The van der Waals surface area contributed by atoms with Gasteiger partial charge in [0.25, 0.3) is 5.56 Å². The van der Waals surface area contributed by atoms with Crippen molar-refractivity contribution in [2.45, 2.75) is 26.4 Å². The van der Waals surface area contributed by atoms with Crippen molar-refractivity contribution in [1.29, 1.82) is 0 Å². The zero-order valence-electron chi connectivity index (χ0n) is 24.2. The minimum atomic E-state index is -0.748. The molecule has 0 saturated carbocycles. The van der Waals surface area contributed by atoms with E-state index < -0.39 is 12.0 Å². The Bertz CT molecular complexity index is 2070. The Morgan fingerprint density at radius 3 is 2.47 bits per heavy atom. The lowest BCUT2D eigenvalue weighted by Crippen LogP contribution is -2.40. The second-order valence-electron chi connectivity index (χ2n) is 10.1. The Morgan fingerprint density at radius 1 is 1.05 bits per heavy atom. The summed E-state index contributed by atoms with van der Waals surface area (Å²) in [4.78, 5) is 33.5. The Morgan fingerprint density at radius 2 is 1.77 bits per heavy atom. The van der Waals surface area contributed by atoms with Gasteiger partial charge in [0.15, 0.2) is 4.80 Å². The standard InChI is InChI=1S/C35H31N3O4S/c1-5-20-37-22(3)27(26-14-10-11-15-28(26)37)21-29-33(39)38-32(24-16-18-25(41-4)19-17-24)30(34(40)42-6-2)31(36-35(38)43-29)23-12-8-7-9-13-23/h5,7-19,21,32H,1,6,20H2,2-4H3/b29-21+. The molecule has 1 atom stereocenters. The Hall–Kier alpha value is -4.95. The minimum absolute atomic E-state index is 0.193. The molecule has 2 aromatic heterocycles. The SMILES string of the molecule is C=CCn1c(C)c(/C=c2/sc3n(c2=O)C(c2ccc(OC)cc2)C(C(=O)OCC)=C(c2ccccc2)N=3)c2ccccc21.